The third kappa shape index (κ3) is 5.59. The number of sulfonamides is 1. The van der Waals surface area contributed by atoms with E-state index in [1.807, 2.05) is 0 Å². The number of nitrogens with one attached hydrogen (secondary N) is 1. The molecule has 2 aromatic carbocycles. The highest BCUT2D eigenvalue weighted by Crippen LogP contribution is 2.21. The standard InChI is InChI=1S/C18H18ClNO5S/c1-24-17-8-5-14(11-16(17)18(21)25-2)12-20-26(22,23)10-9-13-3-6-15(19)7-4-13/h3-11,20H,12H2,1-2H3/b10-9+. The van der Waals surface area contributed by atoms with Gasteiger partial charge in [0.1, 0.15) is 11.3 Å². The van der Waals surface area contributed by atoms with E-state index in [1.54, 1.807) is 36.4 Å². The van der Waals surface area contributed by atoms with E-state index in [1.165, 1.54) is 26.4 Å². The highest BCUT2D eigenvalue weighted by atomic mass is 35.5. The van der Waals surface area contributed by atoms with Crippen molar-refractivity contribution < 1.29 is 22.7 Å². The molecule has 2 rings (SSSR count). The maximum atomic E-state index is 12.1. The predicted octanol–water partition coefficient (Wildman–Crippen LogP) is 3.23. The number of benzene rings is 2. The number of ether oxygens (including phenoxy) is 2. The fraction of sp³-hybridized carbons (Fsp3) is 0.167. The molecule has 0 bridgehead atoms. The molecule has 0 unspecified atom stereocenters. The van der Waals surface area contributed by atoms with Gasteiger partial charge in [-0.25, -0.2) is 17.9 Å². The van der Waals surface area contributed by atoms with Crippen molar-refractivity contribution in [3.63, 3.8) is 0 Å². The Morgan fingerprint density at radius 3 is 2.46 bits per heavy atom. The summed E-state index contributed by atoms with van der Waals surface area (Å²) < 4.78 is 36.5. The van der Waals surface area contributed by atoms with E-state index in [0.29, 0.717) is 21.9 Å². The molecule has 0 aliphatic heterocycles. The molecule has 0 aromatic heterocycles. The minimum absolute atomic E-state index is 0.0152. The van der Waals surface area contributed by atoms with E-state index in [9.17, 15) is 13.2 Å². The Balaban J connectivity index is 2.09. The fourth-order valence-corrected chi connectivity index (χ4v) is 3.03. The van der Waals surface area contributed by atoms with Crippen molar-refractivity contribution in [1.29, 1.82) is 0 Å². The molecule has 138 valence electrons. The normalized spacial score (nSPS) is 11.5. The van der Waals surface area contributed by atoms with Crippen molar-refractivity contribution in [2.75, 3.05) is 14.2 Å². The van der Waals surface area contributed by atoms with Crippen LogP contribution in [-0.4, -0.2) is 28.6 Å². The lowest BCUT2D eigenvalue weighted by Gasteiger charge is -2.09. The van der Waals surface area contributed by atoms with Gasteiger partial charge in [0.05, 0.1) is 14.2 Å². The zero-order chi connectivity index (χ0) is 19.2. The first-order valence-corrected chi connectivity index (χ1v) is 9.45. The zero-order valence-electron chi connectivity index (χ0n) is 14.2. The summed E-state index contributed by atoms with van der Waals surface area (Å²) in [6.07, 6.45) is 1.46. The summed E-state index contributed by atoms with van der Waals surface area (Å²) in [6, 6.07) is 11.5. The van der Waals surface area contributed by atoms with Gasteiger partial charge in [-0.15, -0.1) is 0 Å². The van der Waals surface area contributed by atoms with Gasteiger partial charge >= 0.3 is 5.97 Å². The smallest absolute Gasteiger partial charge is 0.341 e. The summed E-state index contributed by atoms with van der Waals surface area (Å²) in [5.74, 6) is -0.208. The van der Waals surface area contributed by atoms with E-state index in [0.717, 1.165) is 5.41 Å². The van der Waals surface area contributed by atoms with E-state index < -0.39 is 16.0 Å². The van der Waals surface area contributed by atoms with Crippen molar-refractivity contribution in [2.24, 2.45) is 0 Å². The van der Waals surface area contributed by atoms with Crippen LogP contribution in [0.25, 0.3) is 6.08 Å². The maximum absolute atomic E-state index is 12.1. The van der Waals surface area contributed by atoms with Crippen LogP contribution in [0.1, 0.15) is 21.5 Å². The van der Waals surface area contributed by atoms with Gasteiger partial charge in [-0.1, -0.05) is 29.8 Å². The van der Waals surface area contributed by atoms with Crippen LogP contribution in [0, 0.1) is 0 Å². The summed E-state index contributed by atoms with van der Waals surface area (Å²) in [6.45, 7) is 0.0152. The van der Waals surface area contributed by atoms with Crippen molar-refractivity contribution in [3.8, 4) is 5.75 Å². The number of halogens is 1. The highest BCUT2D eigenvalue weighted by molar-refractivity contribution is 7.92. The molecule has 1 N–H and O–H groups in total. The average molecular weight is 396 g/mol. The van der Waals surface area contributed by atoms with Crippen molar-refractivity contribution in [2.45, 2.75) is 6.54 Å². The minimum Gasteiger partial charge on any atom is -0.496 e. The molecule has 0 saturated heterocycles. The second kappa shape index (κ2) is 8.84. The lowest BCUT2D eigenvalue weighted by molar-refractivity contribution is 0.0597. The summed E-state index contributed by atoms with van der Waals surface area (Å²) in [5, 5.41) is 1.64. The number of carbonyl (C=O) groups excluding carboxylic acids is 1. The van der Waals surface area contributed by atoms with Crippen LogP contribution >= 0.6 is 11.6 Å². The van der Waals surface area contributed by atoms with E-state index in [2.05, 4.69) is 4.72 Å². The van der Waals surface area contributed by atoms with Crippen LogP contribution in [0.5, 0.6) is 5.75 Å². The SMILES string of the molecule is COC(=O)c1cc(CNS(=O)(=O)/C=C/c2ccc(Cl)cc2)ccc1OC. The average Bonchev–Trinajstić information content (AvgIpc) is 2.65. The molecule has 0 atom stereocenters. The Kier molecular flexibility index (Phi) is 6.79. The summed E-state index contributed by atoms with van der Waals surface area (Å²) in [4.78, 5) is 11.8. The molecule has 6 nitrogen and oxygen atoms in total. The Bertz CT molecular complexity index is 908. The second-order valence-corrected chi connectivity index (χ2v) is 7.33. The lowest BCUT2D eigenvalue weighted by Crippen LogP contribution is -2.20. The Labute approximate surface area is 157 Å². The van der Waals surface area contributed by atoms with Crippen molar-refractivity contribution in [1.82, 2.24) is 4.72 Å². The van der Waals surface area contributed by atoms with Gasteiger partial charge in [0.2, 0.25) is 10.0 Å². The van der Waals surface area contributed by atoms with Crippen LogP contribution in [0.3, 0.4) is 0 Å². The van der Waals surface area contributed by atoms with Gasteiger partial charge in [0.15, 0.2) is 0 Å². The molecular weight excluding hydrogens is 378 g/mol. The first-order valence-electron chi connectivity index (χ1n) is 7.53. The Morgan fingerprint density at radius 1 is 1.15 bits per heavy atom. The van der Waals surface area contributed by atoms with Crippen LogP contribution in [-0.2, 0) is 21.3 Å². The maximum Gasteiger partial charge on any atom is 0.341 e. The highest BCUT2D eigenvalue weighted by Gasteiger charge is 2.14. The van der Waals surface area contributed by atoms with Crippen molar-refractivity contribution in [3.05, 3.63) is 69.6 Å². The molecule has 0 heterocycles. The third-order valence-electron chi connectivity index (χ3n) is 3.46. The summed E-state index contributed by atoms with van der Waals surface area (Å²) in [7, 11) is -0.955. The molecule has 0 saturated carbocycles. The molecule has 0 radical (unpaired) electrons. The molecular formula is C18H18ClNO5S. The molecule has 8 heteroatoms. The van der Waals surface area contributed by atoms with Gasteiger partial charge in [-0.3, -0.25) is 0 Å². The van der Waals surface area contributed by atoms with Crippen LogP contribution in [0.4, 0.5) is 0 Å². The molecule has 0 spiro atoms. The van der Waals surface area contributed by atoms with Gasteiger partial charge in [-0.2, -0.15) is 0 Å². The first kappa shape index (κ1) is 20.0. The number of esters is 1. The monoisotopic (exact) mass is 395 g/mol. The van der Waals surface area contributed by atoms with E-state index in [-0.39, 0.29) is 12.1 Å². The van der Waals surface area contributed by atoms with Crippen LogP contribution in [0.2, 0.25) is 5.02 Å². The third-order valence-corrected chi connectivity index (χ3v) is 4.75. The van der Waals surface area contributed by atoms with E-state index in [4.69, 9.17) is 21.1 Å². The molecule has 2 aromatic rings. The topological polar surface area (TPSA) is 81.7 Å². The molecule has 26 heavy (non-hydrogen) atoms. The number of methoxy groups -OCH3 is 2. The Morgan fingerprint density at radius 2 is 1.85 bits per heavy atom. The zero-order valence-corrected chi connectivity index (χ0v) is 15.8. The predicted molar refractivity (Wildman–Crippen MR) is 101 cm³/mol. The summed E-state index contributed by atoms with van der Waals surface area (Å²) >= 11 is 5.79. The fourth-order valence-electron chi connectivity index (χ4n) is 2.11. The van der Waals surface area contributed by atoms with Gasteiger partial charge in [0, 0.05) is 17.0 Å². The molecule has 0 aliphatic rings. The van der Waals surface area contributed by atoms with Gasteiger partial charge in [-0.05, 0) is 41.5 Å². The number of rotatable bonds is 7. The molecule has 0 amide bonds. The van der Waals surface area contributed by atoms with Gasteiger partial charge < -0.3 is 9.47 Å². The lowest BCUT2D eigenvalue weighted by atomic mass is 10.1. The van der Waals surface area contributed by atoms with Crippen LogP contribution in [0.15, 0.2) is 47.9 Å². The summed E-state index contributed by atoms with van der Waals surface area (Å²) in [5.41, 5.74) is 1.52. The van der Waals surface area contributed by atoms with E-state index >= 15 is 0 Å². The number of hydrogen-bond acceptors (Lipinski definition) is 5. The van der Waals surface area contributed by atoms with Gasteiger partial charge in [0.25, 0.3) is 0 Å². The number of carbonyl (C=O) groups is 1. The van der Waals surface area contributed by atoms with Crippen LogP contribution < -0.4 is 9.46 Å². The number of hydrogen-bond donors (Lipinski definition) is 1. The first-order chi connectivity index (χ1) is 12.3. The Hall–Kier alpha value is -2.35. The molecule has 0 aliphatic carbocycles. The minimum atomic E-state index is -3.65. The largest absolute Gasteiger partial charge is 0.496 e. The second-order valence-electron chi connectivity index (χ2n) is 5.25. The molecule has 0 fully saturated rings. The quantitative estimate of drug-likeness (QED) is 0.728. The van der Waals surface area contributed by atoms with Crippen molar-refractivity contribution >= 4 is 33.7 Å².